The zero-order valence-corrected chi connectivity index (χ0v) is 17.8. The summed E-state index contributed by atoms with van der Waals surface area (Å²) in [6, 6.07) is 14.7. The molecule has 0 amide bonds. The Morgan fingerprint density at radius 1 is 1.07 bits per heavy atom. The van der Waals surface area contributed by atoms with E-state index in [1.54, 1.807) is 37.4 Å². The molecular weight excluding hydrogens is 388 g/mol. The molecule has 3 aromatic rings. The average molecular weight is 410 g/mol. The van der Waals surface area contributed by atoms with Gasteiger partial charge in [0.15, 0.2) is 10.7 Å². The molecule has 1 atom stereocenters. The molecule has 150 valence electrons. The summed E-state index contributed by atoms with van der Waals surface area (Å²) in [6.45, 7) is 6.33. The minimum absolute atomic E-state index is 0.0100. The summed E-state index contributed by atoms with van der Waals surface area (Å²) in [6.07, 6.45) is 0. The Morgan fingerprint density at radius 2 is 1.76 bits per heavy atom. The first-order chi connectivity index (χ1) is 13.8. The lowest BCUT2D eigenvalue weighted by Crippen LogP contribution is -2.10. The number of hydrogen-bond donors (Lipinski definition) is 0. The van der Waals surface area contributed by atoms with Crippen molar-refractivity contribution in [2.45, 2.75) is 36.1 Å². The van der Waals surface area contributed by atoms with E-state index in [1.807, 2.05) is 12.1 Å². The van der Waals surface area contributed by atoms with E-state index >= 15 is 0 Å². The molecule has 0 radical (unpaired) electrons. The fraction of sp³-hybridized carbons (Fsp3) is 0.286. The fourth-order valence-corrected chi connectivity index (χ4v) is 3.83. The molecule has 0 fully saturated rings. The summed E-state index contributed by atoms with van der Waals surface area (Å²) in [5.41, 5.74) is 1.67. The van der Waals surface area contributed by atoms with Crippen LogP contribution in [0, 0.1) is 11.3 Å². The van der Waals surface area contributed by atoms with Crippen molar-refractivity contribution in [3.63, 3.8) is 0 Å². The lowest BCUT2D eigenvalue weighted by Gasteiger charge is -2.18. The summed E-state index contributed by atoms with van der Waals surface area (Å²) in [5.74, 6) is 1.06. The van der Waals surface area contributed by atoms with Crippen molar-refractivity contribution < 1.29 is 13.7 Å². The van der Waals surface area contributed by atoms with Crippen molar-refractivity contribution >= 4 is 10.8 Å². The van der Waals surface area contributed by atoms with Crippen LogP contribution < -0.4 is 9.47 Å². The average Bonchev–Trinajstić information content (AvgIpc) is 3.16. The molecule has 0 spiro atoms. The Morgan fingerprint density at radius 3 is 2.31 bits per heavy atom. The number of methoxy groups -OCH3 is 2. The van der Waals surface area contributed by atoms with Gasteiger partial charge in [0.1, 0.15) is 34.1 Å². The second kappa shape index (κ2) is 8.05. The van der Waals surface area contributed by atoms with Crippen LogP contribution >= 0.6 is 0 Å². The molecule has 1 heterocycles. The first kappa shape index (κ1) is 20.6. The predicted octanol–water partition coefficient (Wildman–Crippen LogP) is 3.62. The van der Waals surface area contributed by atoms with Gasteiger partial charge in [0.05, 0.1) is 14.2 Å². The van der Waals surface area contributed by atoms with E-state index in [4.69, 9.17) is 9.47 Å². The van der Waals surface area contributed by atoms with Gasteiger partial charge >= 0.3 is 0 Å². The lowest BCUT2D eigenvalue weighted by molar-refractivity contribution is 0.400. The Kier molecular flexibility index (Phi) is 5.71. The number of nitriles is 1. The largest absolute Gasteiger partial charge is 0.497 e. The number of rotatable bonds is 5. The Bertz CT molecular complexity index is 1090. The third kappa shape index (κ3) is 4.00. The summed E-state index contributed by atoms with van der Waals surface area (Å²) in [5, 5.41) is 17.9. The minimum Gasteiger partial charge on any atom is -0.497 e. The number of aromatic nitrogens is 3. The van der Waals surface area contributed by atoms with E-state index in [1.165, 1.54) is 11.8 Å². The Labute approximate surface area is 172 Å². The molecule has 29 heavy (non-hydrogen) atoms. The minimum atomic E-state index is -1.65. The summed E-state index contributed by atoms with van der Waals surface area (Å²) in [4.78, 5) is 0.555. The zero-order valence-electron chi connectivity index (χ0n) is 17.0. The van der Waals surface area contributed by atoms with Gasteiger partial charge in [-0.3, -0.25) is 0 Å². The molecule has 3 rings (SSSR count). The number of ether oxygens (including phenoxy) is 2. The maximum absolute atomic E-state index is 13.1. The van der Waals surface area contributed by atoms with Gasteiger partial charge in [0.2, 0.25) is 0 Å². The van der Waals surface area contributed by atoms with Crippen LogP contribution in [0.4, 0.5) is 0 Å². The molecule has 0 saturated heterocycles. The van der Waals surface area contributed by atoms with Crippen molar-refractivity contribution in [2.75, 3.05) is 14.2 Å². The normalized spacial score (nSPS) is 12.3. The quantitative estimate of drug-likeness (QED) is 0.638. The van der Waals surface area contributed by atoms with Crippen LogP contribution in [0.1, 0.15) is 32.0 Å². The van der Waals surface area contributed by atoms with Crippen molar-refractivity contribution in [1.82, 2.24) is 15.0 Å². The van der Waals surface area contributed by atoms with E-state index in [0.29, 0.717) is 22.1 Å². The molecule has 0 N–H and O–H groups in total. The second-order valence-corrected chi connectivity index (χ2v) is 8.74. The molecule has 0 aliphatic heterocycles. The molecule has 2 aromatic carbocycles. The van der Waals surface area contributed by atoms with Crippen LogP contribution in [-0.2, 0) is 16.2 Å². The Hall–Kier alpha value is -3.18. The SMILES string of the molecule is COc1ccc(OC)c(-n2nnc(S(=O)c3ccc(C(C)(C)C)cc3)c2C#N)c1. The van der Waals surface area contributed by atoms with E-state index in [9.17, 15) is 9.47 Å². The third-order valence-corrected chi connectivity index (χ3v) is 5.80. The van der Waals surface area contributed by atoms with Gasteiger partial charge in [-0.2, -0.15) is 9.94 Å². The van der Waals surface area contributed by atoms with Crippen molar-refractivity contribution in [3.05, 3.63) is 53.7 Å². The predicted molar refractivity (Wildman–Crippen MR) is 109 cm³/mol. The van der Waals surface area contributed by atoms with E-state index in [-0.39, 0.29) is 16.1 Å². The van der Waals surface area contributed by atoms with Crippen LogP contribution in [-0.4, -0.2) is 33.4 Å². The third-order valence-electron chi connectivity index (χ3n) is 4.47. The molecule has 0 aliphatic carbocycles. The number of benzene rings is 2. The summed E-state index contributed by atoms with van der Waals surface area (Å²) < 4.78 is 25.0. The highest BCUT2D eigenvalue weighted by Crippen LogP contribution is 2.30. The molecule has 7 nitrogen and oxygen atoms in total. The highest BCUT2D eigenvalue weighted by molar-refractivity contribution is 7.85. The van der Waals surface area contributed by atoms with Crippen LogP contribution in [0.2, 0.25) is 0 Å². The molecule has 8 heteroatoms. The van der Waals surface area contributed by atoms with E-state index in [2.05, 4.69) is 37.2 Å². The standard InChI is InChI=1S/C21H22N4O3S/c1-21(2,3)14-6-9-16(10-7-14)29(26)20-18(13-22)25(24-23-20)17-12-15(27-4)8-11-19(17)28-5/h6-12H,1-5H3. The number of hydrogen-bond acceptors (Lipinski definition) is 6. The van der Waals surface area contributed by atoms with Gasteiger partial charge in [-0.15, -0.1) is 5.10 Å². The fourth-order valence-electron chi connectivity index (χ4n) is 2.81. The molecule has 0 saturated carbocycles. The van der Waals surface area contributed by atoms with Crippen LogP contribution in [0.3, 0.4) is 0 Å². The van der Waals surface area contributed by atoms with Crippen molar-refractivity contribution in [2.24, 2.45) is 0 Å². The maximum Gasteiger partial charge on any atom is 0.192 e. The second-order valence-electron chi connectivity index (χ2n) is 7.35. The molecule has 1 unspecified atom stereocenters. The first-order valence-corrected chi connectivity index (χ1v) is 10.1. The topological polar surface area (TPSA) is 90.0 Å². The molecular formula is C21H22N4O3S. The van der Waals surface area contributed by atoms with Gasteiger partial charge in [0.25, 0.3) is 0 Å². The van der Waals surface area contributed by atoms with Crippen LogP contribution in [0.5, 0.6) is 11.5 Å². The highest BCUT2D eigenvalue weighted by Gasteiger charge is 2.23. The summed E-state index contributed by atoms with van der Waals surface area (Å²) in [7, 11) is 1.41. The molecule has 1 aromatic heterocycles. The maximum atomic E-state index is 13.1. The van der Waals surface area contributed by atoms with Gasteiger partial charge in [-0.05, 0) is 35.2 Å². The Balaban J connectivity index is 2.05. The van der Waals surface area contributed by atoms with Gasteiger partial charge in [-0.25, -0.2) is 4.21 Å². The van der Waals surface area contributed by atoms with Gasteiger partial charge < -0.3 is 9.47 Å². The van der Waals surface area contributed by atoms with Crippen LogP contribution in [0.25, 0.3) is 5.69 Å². The number of nitrogens with zero attached hydrogens (tertiary/aromatic N) is 4. The zero-order chi connectivity index (χ0) is 21.2. The van der Waals surface area contributed by atoms with E-state index in [0.717, 1.165) is 5.56 Å². The monoisotopic (exact) mass is 410 g/mol. The van der Waals surface area contributed by atoms with Crippen LogP contribution in [0.15, 0.2) is 52.4 Å². The van der Waals surface area contributed by atoms with E-state index < -0.39 is 10.8 Å². The van der Waals surface area contributed by atoms with Crippen molar-refractivity contribution in [1.29, 1.82) is 5.26 Å². The van der Waals surface area contributed by atoms with Gasteiger partial charge in [0, 0.05) is 11.0 Å². The lowest BCUT2D eigenvalue weighted by atomic mass is 9.87. The highest BCUT2D eigenvalue weighted by atomic mass is 32.2. The van der Waals surface area contributed by atoms with Gasteiger partial charge in [-0.1, -0.05) is 38.1 Å². The van der Waals surface area contributed by atoms with Crippen molar-refractivity contribution in [3.8, 4) is 23.3 Å². The first-order valence-electron chi connectivity index (χ1n) is 8.90. The molecule has 0 aliphatic rings. The summed E-state index contributed by atoms with van der Waals surface area (Å²) >= 11 is 0. The molecule has 0 bridgehead atoms. The smallest absolute Gasteiger partial charge is 0.192 e.